The Morgan fingerprint density at radius 1 is 1.21 bits per heavy atom. The van der Waals surface area contributed by atoms with Crippen LogP contribution in [-0.4, -0.2) is 43.7 Å². The van der Waals surface area contributed by atoms with Crippen molar-refractivity contribution in [1.82, 2.24) is 19.4 Å². The Hall–Kier alpha value is -3.31. The van der Waals surface area contributed by atoms with Crippen molar-refractivity contribution in [3.05, 3.63) is 47.4 Å². The van der Waals surface area contributed by atoms with E-state index in [-0.39, 0.29) is 30.3 Å². The molecule has 5 rings (SSSR count). The van der Waals surface area contributed by atoms with Crippen molar-refractivity contribution in [3.63, 3.8) is 0 Å². The lowest BCUT2D eigenvalue weighted by molar-refractivity contribution is 0.0418. The molecule has 170 valence electrons. The molecule has 1 amide bonds. The van der Waals surface area contributed by atoms with Crippen molar-refractivity contribution in [2.75, 3.05) is 5.32 Å². The number of anilines is 2. The number of aromatic nitrogens is 3. The van der Waals surface area contributed by atoms with E-state index >= 15 is 0 Å². The smallest absolute Gasteiger partial charge is 0.410 e. The second-order valence-corrected chi connectivity index (χ2v) is 9.37. The van der Waals surface area contributed by atoms with Crippen LogP contribution in [0.25, 0.3) is 11.0 Å². The lowest BCUT2D eigenvalue weighted by atomic mass is 9.97. The fourth-order valence-electron chi connectivity index (χ4n) is 5.11. The van der Waals surface area contributed by atoms with E-state index < -0.39 is 0 Å². The summed E-state index contributed by atoms with van der Waals surface area (Å²) in [7, 11) is 0. The van der Waals surface area contributed by atoms with E-state index in [0.29, 0.717) is 22.1 Å². The number of ether oxygens (including phenoxy) is 1. The van der Waals surface area contributed by atoms with Crippen molar-refractivity contribution in [3.8, 4) is 6.07 Å². The molecule has 2 aromatic heterocycles. The summed E-state index contributed by atoms with van der Waals surface area (Å²) >= 11 is 6.34. The molecule has 0 radical (unpaired) electrons. The molecule has 0 spiro atoms. The molecule has 1 aromatic carbocycles. The van der Waals surface area contributed by atoms with Crippen molar-refractivity contribution >= 4 is 40.2 Å². The van der Waals surface area contributed by atoms with Crippen LogP contribution in [0, 0.1) is 11.3 Å². The molecule has 0 saturated carbocycles. The number of nitrogens with one attached hydrogen (secondary N) is 1. The molecular formula is C24H25ClN6O2. The van der Waals surface area contributed by atoms with Gasteiger partial charge in [0, 0.05) is 24.3 Å². The number of nitrogens with zero attached hydrogens (tertiary/aromatic N) is 5. The zero-order valence-corrected chi connectivity index (χ0v) is 19.3. The minimum Gasteiger partial charge on any atom is -0.447 e. The first-order valence-corrected chi connectivity index (χ1v) is 11.6. The zero-order valence-electron chi connectivity index (χ0n) is 18.5. The molecule has 2 aliphatic rings. The molecule has 33 heavy (non-hydrogen) atoms. The molecule has 3 aromatic rings. The van der Waals surface area contributed by atoms with Crippen molar-refractivity contribution in [1.29, 1.82) is 5.26 Å². The maximum Gasteiger partial charge on any atom is 0.410 e. The summed E-state index contributed by atoms with van der Waals surface area (Å²) < 4.78 is 7.69. The average molecular weight is 465 g/mol. The van der Waals surface area contributed by atoms with Gasteiger partial charge in [-0.25, -0.2) is 14.8 Å². The first-order chi connectivity index (χ1) is 15.9. The van der Waals surface area contributed by atoms with E-state index in [2.05, 4.69) is 32.1 Å². The monoisotopic (exact) mass is 464 g/mol. The number of benzene rings is 1. The van der Waals surface area contributed by atoms with Gasteiger partial charge in [0.05, 0.1) is 33.8 Å². The third kappa shape index (κ3) is 3.98. The van der Waals surface area contributed by atoms with Crippen molar-refractivity contribution in [2.24, 2.45) is 0 Å². The molecule has 4 heterocycles. The average Bonchev–Trinajstić information content (AvgIpc) is 3.34. The second kappa shape index (κ2) is 8.56. The molecule has 8 nitrogen and oxygen atoms in total. The number of hydrogen-bond donors (Lipinski definition) is 1. The first-order valence-electron chi connectivity index (χ1n) is 11.2. The minimum atomic E-state index is -0.193. The summed E-state index contributed by atoms with van der Waals surface area (Å²) in [5, 5.41) is 13.7. The maximum absolute atomic E-state index is 12.6. The molecule has 2 atom stereocenters. The van der Waals surface area contributed by atoms with Crippen molar-refractivity contribution in [2.45, 2.75) is 63.8 Å². The van der Waals surface area contributed by atoms with Gasteiger partial charge in [0.25, 0.3) is 0 Å². The molecule has 2 saturated heterocycles. The highest BCUT2D eigenvalue weighted by molar-refractivity contribution is 6.33. The van der Waals surface area contributed by atoms with Gasteiger partial charge in [-0.3, -0.25) is 0 Å². The summed E-state index contributed by atoms with van der Waals surface area (Å²) in [6.07, 6.45) is 7.05. The number of hydrogen-bond acceptors (Lipinski definition) is 6. The highest BCUT2D eigenvalue weighted by Gasteiger charge is 2.45. The quantitative estimate of drug-likeness (QED) is 0.554. The van der Waals surface area contributed by atoms with Gasteiger partial charge in [-0.1, -0.05) is 11.6 Å². The van der Waals surface area contributed by atoms with Crippen LogP contribution in [0.2, 0.25) is 5.02 Å². The van der Waals surface area contributed by atoms with Crippen LogP contribution < -0.4 is 5.32 Å². The Kier molecular flexibility index (Phi) is 5.59. The molecule has 0 unspecified atom stereocenters. The lowest BCUT2D eigenvalue weighted by Crippen LogP contribution is -2.47. The van der Waals surface area contributed by atoms with E-state index in [4.69, 9.17) is 21.6 Å². The third-order valence-corrected chi connectivity index (χ3v) is 6.82. The van der Waals surface area contributed by atoms with Gasteiger partial charge >= 0.3 is 6.09 Å². The second-order valence-electron chi connectivity index (χ2n) is 8.96. The van der Waals surface area contributed by atoms with Gasteiger partial charge < -0.3 is 19.5 Å². The number of piperidine rings is 1. The van der Waals surface area contributed by atoms with Crippen LogP contribution in [0.1, 0.15) is 51.1 Å². The van der Waals surface area contributed by atoms with Gasteiger partial charge in [0.1, 0.15) is 17.8 Å². The van der Waals surface area contributed by atoms with Gasteiger partial charge in [0.2, 0.25) is 0 Å². The van der Waals surface area contributed by atoms with Crippen LogP contribution in [-0.2, 0) is 4.74 Å². The fourth-order valence-corrected chi connectivity index (χ4v) is 5.34. The Morgan fingerprint density at radius 2 is 1.97 bits per heavy atom. The number of carbonyl (C=O) groups is 1. The maximum atomic E-state index is 12.6. The molecule has 1 N–H and O–H groups in total. The minimum absolute atomic E-state index is 0.116. The van der Waals surface area contributed by atoms with Gasteiger partial charge in [-0.15, -0.1) is 0 Å². The van der Waals surface area contributed by atoms with E-state index in [1.54, 1.807) is 24.5 Å². The Bertz CT molecular complexity index is 1240. The number of amides is 1. The van der Waals surface area contributed by atoms with E-state index in [0.717, 1.165) is 36.7 Å². The number of halogens is 1. The summed E-state index contributed by atoms with van der Waals surface area (Å²) in [5.74, 6) is 0.659. The van der Waals surface area contributed by atoms with Gasteiger partial charge in [-0.05, 0) is 63.8 Å². The molecule has 0 aliphatic carbocycles. The van der Waals surface area contributed by atoms with E-state index in [9.17, 15) is 4.79 Å². The van der Waals surface area contributed by atoms with Gasteiger partial charge in [-0.2, -0.15) is 5.26 Å². The number of rotatable bonds is 4. The van der Waals surface area contributed by atoms with Crippen LogP contribution in [0.5, 0.6) is 0 Å². The highest BCUT2D eigenvalue weighted by Crippen LogP contribution is 2.42. The van der Waals surface area contributed by atoms with Crippen LogP contribution >= 0.6 is 11.6 Å². The van der Waals surface area contributed by atoms with Crippen molar-refractivity contribution < 1.29 is 9.53 Å². The summed E-state index contributed by atoms with van der Waals surface area (Å²) in [6.45, 7) is 3.77. The number of carbonyl (C=O) groups excluding carboxylic acids is 1. The molecular weight excluding hydrogens is 440 g/mol. The van der Waals surface area contributed by atoms with E-state index in [1.165, 1.54) is 0 Å². The fraction of sp³-hybridized carbons (Fsp3) is 0.417. The summed E-state index contributed by atoms with van der Waals surface area (Å²) in [6, 6.07) is 9.84. The summed E-state index contributed by atoms with van der Waals surface area (Å²) in [5.41, 5.74) is 2.03. The molecule has 2 fully saturated rings. The third-order valence-electron chi connectivity index (χ3n) is 6.51. The predicted octanol–water partition coefficient (Wildman–Crippen LogP) is 5.41. The largest absolute Gasteiger partial charge is 0.447 e. The van der Waals surface area contributed by atoms with Crippen LogP contribution in [0.15, 0.2) is 36.8 Å². The normalized spacial score (nSPS) is 21.9. The standard InChI is InChI=1S/C24H25ClN6O2/c1-14(2)33-24(32)31-16-4-5-17(31)11-18(10-16)30-8-7-19-22(27-13-28-23(19)30)29-21-6-3-15(12-26)9-20(21)25/h3,6-9,13-14,16-18H,4-5,10-11H2,1-2H3,(H,27,28,29)/t16-,17-/m0/s1. The molecule has 9 heteroatoms. The number of fused-ring (bicyclic) bond motifs is 3. The highest BCUT2D eigenvalue weighted by atomic mass is 35.5. The zero-order chi connectivity index (χ0) is 23.1. The Labute approximate surface area is 197 Å². The van der Waals surface area contributed by atoms with Crippen LogP contribution in [0.3, 0.4) is 0 Å². The van der Waals surface area contributed by atoms with Crippen LogP contribution in [0.4, 0.5) is 16.3 Å². The molecule has 2 aliphatic heterocycles. The SMILES string of the molecule is CC(C)OC(=O)N1[C@H]2CC[C@H]1CC(n1ccc3c(Nc4ccc(C#N)cc4Cl)ncnc31)C2. The lowest BCUT2D eigenvalue weighted by Gasteiger charge is -2.39. The van der Waals surface area contributed by atoms with E-state index in [1.807, 2.05) is 24.8 Å². The Morgan fingerprint density at radius 3 is 2.64 bits per heavy atom. The first kappa shape index (κ1) is 21.5. The Balaban J connectivity index is 1.39. The number of nitriles is 1. The predicted molar refractivity (Wildman–Crippen MR) is 126 cm³/mol. The summed E-state index contributed by atoms with van der Waals surface area (Å²) in [4.78, 5) is 23.5. The topological polar surface area (TPSA) is 96.1 Å². The van der Waals surface area contributed by atoms with Gasteiger partial charge in [0.15, 0.2) is 0 Å². The molecule has 2 bridgehead atoms.